The van der Waals surface area contributed by atoms with Crippen LogP contribution >= 0.6 is 7.92 Å². The van der Waals surface area contributed by atoms with Crippen molar-refractivity contribution in [3.63, 3.8) is 0 Å². The average molecular weight is 365 g/mol. The molecule has 0 unspecified atom stereocenters. The molecule has 2 heteroatoms. The molecule has 0 N–H and O–H groups in total. The van der Waals surface area contributed by atoms with Gasteiger partial charge in [-0.05, 0) is 23.8 Å². The van der Waals surface area contributed by atoms with Crippen LogP contribution in [0.15, 0.2) is 91.0 Å². The van der Waals surface area contributed by atoms with E-state index in [0.717, 1.165) is 0 Å². The van der Waals surface area contributed by atoms with Gasteiger partial charge < -0.3 is 0 Å². The minimum absolute atomic E-state index is 0. The van der Waals surface area contributed by atoms with Crippen LogP contribution < -0.4 is 15.9 Å². The van der Waals surface area contributed by atoms with E-state index in [4.69, 9.17) is 0 Å². The van der Waals surface area contributed by atoms with Crippen LogP contribution in [0.2, 0.25) is 0 Å². The summed E-state index contributed by atoms with van der Waals surface area (Å²) >= 11 is 0. The number of rotatable bonds is 3. The Morgan fingerprint density at radius 2 is 0.650 bits per heavy atom. The Hall–Kier alpha value is -1.29. The van der Waals surface area contributed by atoms with E-state index < -0.39 is 7.92 Å². The van der Waals surface area contributed by atoms with Crippen LogP contribution in [-0.4, -0.2) is 0 Å². The molecule has 1 radical (unpaired) electrons. The summed E-state index contributed by atoms with van der Waals surface area (Å²) in [5.74, 6) is 0. The van der Waals surface area contributed by atoms with Crippen molar-refractivity contribution in [1.29, 1.82) is 0 Å². The van der Waals surface area contributed by atoms with Crippen molar-refractivity contribution in [3.8, 4) is 0 Å². The second kappa shape index (κ2) is 7.48. The summed E-state index contributed by atoms with van der Waals surface area (Å²) < 4.78 is 0. The molecule has 3 rings (SSSR count). The molecule has 0 heterocycles. The molecule has 0 saturated heterocycles. The predicted molar refractivity (Wildman–Crippen MR) is 85.1 cm³/mol. The first-order chi connectivity index (χ1) is 9.45. The molecular formula is C18H15PRh. The van der Waals surface area contributed by atoms with Crippen LogP contribution in [0, 0.1) is 0 Å². The van der Waals surface area contributed by atoms with Gasteiger partial charge in [-0.3, -0.25) is 0 Å². The monoisotopic (exact) mass is 365 g/mol. The van der Waals surface area contributed by atoms with E-state index in [2.05, 4.69) is 91.0 Å². The van der Waals surface area contributed by atoms with Gasteiger partial charge in [0.15, 0.2) is 0 Å². The fourth-order valence-electron chi connectivity index (χ4n) is 2.18. The second-order valence-electron chi connectivity index (χ2n) is 4.34. The van der Waals surface area contributed by atoms with Gasteiger partial charge >= 0.3 is 0 Å². The third-order valence-corrected chi connectivity index (χ3v) is 5.49. The largest absolute Gasteiger partial charge is 0.0622 e. The van der Waals surface area contributed by atoms with Gasteiger partial charge in [-0.15, -0.1) is 0 Å². The predicted octanol–water partition coefficient (Wildman–Crippen LogP) is 3.44. The molecule has 0 nitrogen and oxygen atoms in total. The second-order valence-corrected chi connectivity index (χ2v) is 6.56. The molecule has 0 atom stereocenters. The quantitative estimate of drug-likeness (QED) is 0.493. The van der Waals surface area contributed by atoms with Crippen LogP contribution in [0.25, 0.3) is 0 Å². The van der Waals surface area contributed by atoms with E-state index in [9.17, 15) is 0 Å². The Morgan fingerprint density at radius 1 is 0.400 bits per heavy atom. The normalized spacial score (nSPS) is 10.1. The molecule has 3 aromatic carbocycles. The molecule has 101 valence electrons. The summed E-state index contributed by atoms with van der Waals surface area (Å²) in [4.78, 5) is 0. The summed E-state index contributed by atoms with van der Waals surface area (Å²) in [6, 6.07) is 32.3. The van der Waals surface area contributed by atoms with Crippen molar-refractivity contribution in [2.75, 3.05) is 0 Å². The van der Waals surface area contributed by atoms with Crippen molar-refractivity contribution in [2.45, 2.75) is 0 Å². The Bertz CT molecular complexity index is 529. The van der Waals surface area contributed by atoms with E-state index in [1.165, 1.54) is 15.9 Å². The fourth-order valence-corrected chi connectivity index (χ4v) is 4.48. The zero-order valence-electron chi connectivity index (χ0n) is 10.9. The Labute approximate surface area is 134 Å². The van der Waals surface area contributed by atoms with E-state index in [1.54, 1.807) is 0 Å². The Kier molecular flexibility index (Phi) is 5.65. The SMILES string of the molecule is [Rh].c1ccc(P(c2ccccc2)c2ccccc2)cc1. The van der Waals surface area contributed by atoms with Gasteiger partial charge in [-0.2, -0.15) is 0 Å². The molecule has 3 aromatic rings. The molecule has 0 bridgehead atoms. The van der Waals surface area contributed by atoms with Crippen molar-refractivity contribution in [2.24, 2.45) is 0 Å². The van der Waals surface area contributed by atoms with Crippen molar-refractivity contribution < 1.29 is 19.5 Å². The van der Waals surface area contributed by atoms with Crippen molar-refractivity contribution in [3.05, 3.63) is 91.0 Å². The maximum absolute atomic E-state index is 2.23. The van der Waals surface area contributed by atoms with Crippen molar-refractivity contribution >= 4 is 23.8 Å². The molecule has 0 spiro atoms. The summed E-state index contributed by atoms with van der Waals surface area (Å²) in [5, 5.41) is 4.19. The minimum Gasteiger partial charge on any atom is -0.0622 e. The molecular weight excluding hydrogens is 350 g/mol. The zero-order chi connectivity index (χ0) is 12.9. The number of benzene rings is 3. The first kappa shape index (κ1) is 15.1. The molecule has 0 aliphatic rings. The van der Waals surface area contributed by atoms with Gasteiger partial charge in [0.05, 0.1) is 0 Å². The number of hydrogen-bond donors (Lipinski definition) is 0. The molecule has 0 aliphatic heterocycles. The molecule has 0 aromatic heterocycles. The third-order valence-electron chi connectivity index (χ3n) is 3.04. The van der Waals surface area contributed by atoms with Crippen LogP contribution in [0.4, 0.5) is 0 Å². The van der Waals surface area contributed by atoms with Crippen LogP contribution in [0.3, 0.4) is 0 Å². The van der Waals surface area contributed by atoms with Crippen LogP contribution in [-0.2, 0) is 19.5 Å². The maximum atomic E-state index is 2.23. The van der Waals surface area contributed by atoms with Gasteiger partial charge in [0.1, 0.15) is 0 Å². The van der Waals surface area contributed by atoms with E-state index in [1.807, 2.05) is 0 Å². The molecule has 0 aliphatic carbocycles. The average Bonchev–Trinajstić information content (AvgIpc) is 2.51. The fraction of sp³-hybridized carbons (Fsp3) is 0. The summed E-state index contributed by atoms with van der Waals surface area (Å²) in [7, 11) is -0.446. The van der Waals surface area contributed by atoms with Gasteiger partial charge in [0, 0.05) is 19.5 Å². The van der Waals surface area contributed by atoms with Crippen LogP contribution in [0.5, 0.6) is 0 Å². The van der Waals surface area contributed by atoms with E-state index >= 15 is 0 Å². The van der Waals surface area contributed by atoms with Gasteiger partial charge in [-0.25, -0.2) is 0 Å². The van der Waals surface area contributed by atoms with Gasteiger partial charge in [-0.1, -0.05) is 91.0 Å². The molecule has 0 saturated carbocycles. The van der Waals surface area contributed by atoms with Crippen LogP contribution in [0.1, 0.15) is 0 Å². The summed E-state index contributed by atoms with van der Waals surface area (Å²) in [5.41, 5.74) is 0. The molecule has 0 amide bonds. The number of hydrogen-bond acceptors (Lipinski definition) is 0. The third kappa shape index (κ3) is 3.42. The summed E-state index contributed by atoms with van der Waals surface area (Å²) in [6.45, 7) is 0. The Balaban J connectivity index is 0.00000147. The molecule has 20 heavy (non-hydrogen) atoms. The first-order valence-corrected chi connectivity index (χ1v) is 7.74. The standard InChI is InChI=1S/C18H15P.Rh/c1-4-10-16(11-5-1)19(17-12-6-2-7-13-17)18-14-8-3-9-15-18;/h1-15H;. The first-order valence-electron chi connectivity index (χ1n) is 6.40. The maximum Gasteiger partial charge on any atom is 0 e. The Morgan fingerprint density at radius 3 is 0.900 bits per heavy atom. The zero-order valence-corrected chi connectivity index (χ0v) is 13.5. The van der Waals surface area contributed by atoms with Gasteiger partial charge in [0.2, 0.25) is 0 Å². The van der Waals surface area contributed by atoms with Gasteiger partial charge in [0.25, 0.3) is 0 Å². The minimum atomic E-state index is -0.446. The topological polar surface area (TPSA) is 0 Å². The summed E-state index contributed by atoms with van der Waals surface area (Å²) in [6.07, 6.45) is 0. The smallest absolute Gasteiger partial charge is 0 e. The van der Waals surface area contributed by atoms with E-state index in [0.29, 0.717) is 0 Å². The van der Waals surface area contributed by atoms with E-state index in [-0.39, 0.29) is 19.5 Å². The molecule has 0 fully saturated rings. The van der Waals surface area contributed by atoms with Crippen molar-refractivity contribution in [1.82, 2.24) is 0 Å².